The van der Waals surface area contributed by atoms with Crippen LogP contribution in [0.5, 0.6) is 0 Å². The molecule has 0 aliphatic heterocycles. The normalized spacial score (nSPS) is 13.6. The second-order valence-corrected chi connectivity index (χ2v) is 6.36. The van der Waals surface area contributed by atoms with Crippen LogP contribution in [0.1, 0.15) is 39.3 Å². The first-order valence-electron chi connectivity index (χ1n) is 6.06. The zero-order chi connectivity index (χ0) is 14.8. The molecule has 1 unspecified atom stereocenters. The molecule has 0 fully saturated rings. The van der Waals surface area contributed by atoms with Crippen LogP contribution in [-0.2, 0) is 4.79 Å². The molecule has 0 spiro atoms. The van der Waals surface area contributed by atoms with Crippen LogP contribution in [0, 0.1) is 0 Å². The highest BCUT2D eigenvalue weighted by Gasteiger charge is 2.29. The first-order chi connectivity index (χ1) is 8.62. The van der Waals surface area contributed by atoms with Crippen molar-refractivity contribution in [2.75, 3.05) is 6.54 Å². The highest BCUT2D eigenvalue weighted by Crippen LogP contribution is 2.31. The van der Waals surface area contributed by atoms with E-state index in [1.807, 2.05) is 38.7 Å². The van der Waals surface area contributed by atoms with Crippen molar-refractivity contribution in [3.63, 3.8) is 0 Å². The Morgan fingerprint density at radius 1 is 1.32 bits per heavy atom. The van der Waals surface area contributed by atoms with Crippen LogP contribution in [0.25, 0.3) is 0 Å². The number of rotatable bonds is 4. The average molecular weight is 304 g/mol. The van der Waals surface area contributed by atoms with E-state index in [4.69, 9.17) is 28.3 Å². The molecule has 0 amide bonds. The zero-order valence-corrected chi connectivity index (χ0v) is 13.1. The first kappa shape index (κ1) is 16.3. The molecule has 0 heterocycles. The molecule has 0 saturated heterocycles. The van der Waals surface area contributed by atoms with E-state index in [2.05, 4.69) is 0 Å². The molecule has 0 bridgehead atoms. The Balaban J connectivity index is 3.08. The number of hydrogen-bond acceptors (Lipinski definition) is 2. The van der Waals surface area contributed by atoms with Crippen molar-refractivity contribution in [2.45, 2.75) is 39.3 Å². The average Bonchev–Trinajstić information content (AvgIpc) is 2.27. The van der Waals surface area contributed by atoms with Gasteiger partial charge in [0.05, 0.1) is 16.6 Å². The third-order valence-corrected chi connectivity index (χ3v) is 3.80. The van der Waals surface area contributed by atoms with Gasteiger partial charge in [0, 0.05) is 11.6 Å². The van der Waals surface area contributed by atoms with E-state index in [1.54, 1.807) is 12.1 Å². The van der Waals surface area contributed by atoms with Crippen molar-refractivity contribution in [2.24, 2.45) is 0 Å². The number of halogens is 2. The van der Waals surface area contributed by atoms with Crippen LogP contribution in [0.15, 0.2) is 18.2 Å². The number of carboxylic acids is 1. The summed E-state index contributed by atoms with van der Waals surface area (Å²) in [5.41, 5.74) is 0.690. The Morgan fingerprint density at radius 3 is 2.32 bits per heavy atom. The van der Waals surface area contributed by atoms with Gasteiger partial charge in [-0.25, -0.2) is 0 Å². The van der Waals surface area contributed by atoms with E-state index in [1.165, 1.54) is 0 Å². The molecule has 1 rings (SSSR count). The number of hydrogen-bond donors (Lipinski definition) is 1. The predicted molar refractivity (Wildman–Crippen MR) is 79.0 cm³/mol. The summed E-state index contributed by atoms with van der Waals surface area (Å²) < 4.78 is 0. The van der Waals surface area contributed by atoms with E-state index in [-0.39, 0.29) is 18.1 Å². The summed E-state index contributed by atoms with van der Waals surface area (Å²) >= 11 is 11.9. The third kappa shape index (κ3) is 4.37. The maximum absolute atomic E-state index is 11.0. The van der Waals surface area contributed by atoms with Crippen molar-refractivity contribution in [3.05, 3.63) is 33.8 Å². The molecule has 1 aromatic rings. The SMILES string of the molecule is CC(c1ccc(Cl)c(Cl)c1)N(CC(=O)O)C(C)(C)C. The predicted octanol–water partition coefficient (Wildman–Crippen LogP) is 4.24. The van der Waals surface area contributed by atoms with Crippen LogP contribution < -0.4 is 0 Å². The molecule has 1 aromatic carbocycles. The number of carboxylic acid groups (broad SMARTS) is 1. The molecule has 0 aliphatic carbocycles. The number of benzene rings is 1. The van der Waals surface area contributed by atoms with Crippen LogP contribution in [0.2, 0.25) is 10.0 Å². The summed E-state index contributed by atoms with van der Waals surface area (Å²) in [4.78, 5) is 12.9. The van der Waals surface area contributed by atoms with Gasteiger partial charge < -0.3 is 5.11 Å². The lowest BCUT2D eigenvalue weighted by atomic mass is 9.99. The standard InChI is InChI=1S/C14H19Cl2NO2/c1-9(10-5-6-11(15)12(16)7-10)17(8-13(18)19)14(2,3)4/h5-7,9H,8H2,1-4H3,(H,18,19). The molecule has 19 heavy (non-hydrogen) atoms. The van der Waals surface area contributed by atoms with Gasteiger partial charge in [-0.15, -0.1) is 0 Å². The maximum Gasteiger partial charge on any atom is 0.317 e. The molecule has 0 aliphatic rings. The number of nitrogens with zero attached hydrogens (tertiary/aromatic N) is 1. The number of carbonyl (C=O) groups is 1. The number of aliphatic carboxylic acids is 1. The van der Waals surface area contributed by atoms with Crippen molar-refractivity contribution >= 4 is 29.2 Å². The second-order valence-electron chi connectivity index (χ2n) is 5.54. The summed E-state index contributed by atoms with van der Waals surface area (Å²) in [6.07, 6.45) is 0. The molecular weight excluding hydrogens is 285 g/mol. The van der Waals surface area contributed by atoms with E-state index in [0.29, 0.717) is 10.0 Å². The van der Waals surface area contributed by atoms with Gasteiger partial charge in [-0.05, 0) is 45.4 Å². The van der Waals surface area contributed by atoms with Crippen LogP contribution in [0.3, 0.4) is 0 Å². The Bertz CT molecular complexity index is 469. The van der Waals surface area contributed by atoms with Gasteiger partial charge in [0.1, 0.15) is 0 Å². The van der Waals surface area contributed by atoms with Crippen molar-refractivity contribution < 1.29 is 9.90 Å². The van der Waals surface area contributed by atoms with Gasteiger partial charge in [-0.2, -0.15) is 0 Å². The summed E-state index contributed by atoms with van der Waals surface area (Å²) in [6.45, 7) is 7.91. The highest BCUT2D eigenvalue weighted by molar-refractivity contribution is 6.42. The second kappa shape index (κ2) is 6.12. The molecule has 1 N–H and O–H groups in total. The van der Waals surface area contributed by atoms with Crippen molar-refractivity contribution in [1.82, 2.24) is 4.90 Å². The zero-order valence-electron chi connectivity index (χ0n) is 11.6. The summed E-state index contributed by atoms with van der Waals surface area (Å²) in [7, 11) is 0. The molecule has 0 saturated carbocycles. The molecule has 0 aromatic heterocycles. The van der Waals surface area contributed by atoms with Gasteiger partial charge in [0.15, 0.2) is 0 Å². The highest BCUT2D eigenvalue weighted by atomic mass is 35.5. The summed E-state index contributed by atoms with van der Waals surface area (Å²) in [5.74, 6) is -0.846. The summed E-state index contributed by atoms with van der Waals surface area (Å²) in [6, 6.07) is 5.33. The monoisotopic (exact) mass is 303 g/mol. The van der Waals surface area contributed by atoms with Gasteiger partial charge in [0.2, 0.25) is 0 Å². The minimum Gasteiger partial charge on any atom is -0.480 e. The minimum atomic E-state index is -0.846. The van der Waals surface area contributed by atoms with Gasteiger partial charge in [-0.1, -0.05) is 29.3 Å². The molecule has 3 nitrogen and oxygen atoms in total. The fourth-order valence-corrected chi connectivity index (χ4v) is 2.36. The van der Waals surface area contributed by atoms with Crippen molar-refractivity contribution in [1.29, 1.82) is 0 Å². The van der Waals surface area contributed by atoms with Crippen molar-refractivity contribution in [3.8, 4) is 0 Å². The molecule has 5 heteroatoms. The largest absolute Gasteiger partial charge is 0.480 e. The van der Waals surface area contributed by atoms with Gasteiger partial charge in [-0.3, -0.25) is 9.69 Å². The lowest BCUT2D eigenvalue weighted by Gasteiger charge is -2.39. The lowest BCUT2D eigenvalue weighted by Crippen LogP contribution is -2.45. The minimum absolute atomic E-state index is 0.0229. The van der Waals surface area contributed by atoms with E-state index >= 15 is 0 Å². The molecule has 1 atom stereocenters. The maximum atomic E-state index is 11.0. The van der Waals surface area contributed by atoms with E-state index < -0.39 is 5.97 Å². The van der Waals surface area contributed by atoms with Gasteiger partial charge >= 0.3 is 5.97 Å². The third-order valence-electron chi connectivity index (χ3n) is 3.06. The topological polar surface area (TPSA) is 40.5 Å². The van der Waals surface area contributed by atoms with E-state index in [0.717, 1.165) is 5.56 Å². The molecule has 0 radical (unpaired) electrons. The smallest absolute Gasteiger partial charge is 0.317 e. The lowest BCUT2D eigenvalue weighted by molar-refractivity contribution is -0.140. The Hall–Kier alpha value is -0.770. The Morgan fingerprint density at radius 2 is 1.89 bits per heavy atom. The van der Waals surface area contributed by atoms with Crippen LogP contribution in [-0.4, -0.2) is 28.1 Å². The van der Waals surface area contributed by atoms with Gasteiger partial charge in [0.25, 0.3) is 0 Å². The Labute approximate surface area is 124 Å². The molecule has 106 valence electrons. The fourth-order valence-electron chi connectivity index (χ4n) is 2.05. The van der Waals surface area contributed by atoms with Crippen LogP contribution >= 0.6 is 23.2 Å². The van der Waals surface area contributed by atoms with Crippen LogP contribution in [0.4, 0.5) is 0 Å². The summed E-state index contributed by atoms with van der Waals surface area (Å²) in [5, 5.41) is 10.0. The van der Waals surface area contributed by atoms with E-state index in [9.17, 15) is 4.79 Å². The molecular formula is C14H19Cl2NO2. The quantitative estimate of drug-likeness (QED) is 0.904. The fraction of sp³-hybridized carbons (Fsp3) is 0.500. The Kier molecular flexibility index (Phi) is 5.25. The first-order valence-corrected chi connectivity index (χ1v) is 6.82.